The number of halogens is 1. The minimum absolute atomic E-state index is 0.0348. The number of thioether (sulfide) groups is 1. The second-order valence-electron chi connectivity index (χ2n) is 5.89. The summed E-state index contributed by atoms with van der Waals surface area (Å²) in [6.07, 6.45) is 0.763. The van der Waals surface area contributed by atoms with Gasteiger partial charge < -0.3 is 10.6 Å². The summed E-state index contributed by atoms with van der Waals surface area (Å²) in [7, 11) is 0. The molecule has 138 valence electrons. The first-order chi connectivity index (χ1) is 12.5. The van der Waals surface area contributed by atoms with Crippen LogP contribution in [0.5, 0.6) is 0 Å². The Kier molecular flexibility index (Phi) is 7.81. The zero-order valence-electron chi connectivity index (χ0n) is 14.8. The van der Waals surface area contributed by atoms with Crippen molar-refractivity contribution in [2.75, 3.05) is 25.4 Å². The third-order valence-corrected chi connectivity index (χ3v) is 4.93. The monoisotopic (exact) mass is 374 g/mol. The summed E-state index contributed by atoms with van der Waals surface area (Å²) in [5.41, 5.74) is 6.85. The highest BCUT2D eigenvalue weighted by molar-refractivity contribution is 8.00. The largest absolute Gasteiger partial charge is 0.340 e. The van der Waals surface area contributed by atoms with Crippen LogP contribution in [0.1, 0.15) is 22.8 Å². The van der Waals surface area contributed by atoms with Crippen LogP contribution in [0.3, 0.4) is 0 Å². The lowest BCUT2D eigenvalue weighted by Gasteiger charge is -2.22. The number of hydrogen-bond acceptors (Lipinski definition) is 4. The number of hydrogen-bond donors (Lipinski definition) is 1. The van der Waals surface area contributed by atoms with Gasteiger partial charge in [-0.2, -0.15) is 0 Å². The fourth-order valence-corrected chi connectivity index (χ4v) is 3.36. The van der Waals surface area contributed by atoms with Crippen molar-refractivity contribution in [1.29, 1.82) is 0 Å². The number of carbonyl (C=O) groups is 2. The number of amides is 1. The Morgan fingerprint density at radius 2 is 1.85 bits per heavy atom. The van der Waals surface area contributed by atoms with E-state index in [0.29, 0.717) is 24.5 Å². The van der Waals surface area contributed by atoms with Crippen molar-refractivity contribution in [2.24, 2.45) is 5.73 Å². The molecule has 0 aliphatic heterocycles. The molecule has 0 aliphatic rings. The third-order valence-electron chi connectivity index (χ3n) is 3.95. The Morgan fingerprint density at radius 3 is 2.46 bits per heavy atom. The van der Waals surface area contributed by atoms with Gasteiger partial charge in [0.2, 0.25) is 5.91 Å². The maximum Gasteiger partial charge on any atom is 0.232 e. The van der Waals surface area contributed by atoms with Crippen molar-refractivity contribution >= 4 is 23.5 Å². The summed E-state index contributed by atoms with van der Waals surface area (Å²) in [6, 6.07) is 14.4. The number of nitrogens with two attached hydrogens (primary N) is 1. The summed E-state index contributed by atoms with van der Waals surface area (Å²) in [5.74, 6) is -0.705. The van der Waals surface area contributed by atoms with Crippen LogP contribution in [-0.2, 0) is 11.2 Å². The van der Waals surface area contributed by atoms with Crippen molar-refractivity contribution < 1.29 is 14.0 Å². The van der Waals surface area contributed by atoms with Gasteiger partial charge in [-0.3, -0.25) is 9.59 Å². The third kappa shape index (κ3) is 5.97. The van der Waals surface area contributed by atoms with Crippen molar-refractivity contribution in [3.05, 3.63) is 65.5 Å². The quantitative estimate of drug-likeness (QED) is 0.541. The van der Waals surface area contributed by atoms with Gasteiger partial charge in [-0.1, -0.05) is 30.3 Å². The van der Waals surface area contributed by atoms with Gasteiger partial charge in [-0.05, 0) is 37.1 Å². The van der Waals surface area contributed by atoms with Gasteiger partial charge in [0.1, 0.15) is 5.82 Å². The summed E-state index contributed by atoms with van der Waals surface area (Å²) in [5, 5.41) is 0. The molecule has 2 aromatic rings. The highest BCUT2D eigenvalue weighted by Gasteiger charge is 2.14. The molecule has 6 heteroatoms. The Bertz CT molecular complexity index is 753. The van der Waals surface area contributed by atoms with E-state index in [9.17, 15) is 14.0 Å². The smallest absolute Gasteiger partial charge is 0.232 e. The molecule has 2 N–H and O–H groups in total. The summed E-state index contributed by atoms with van der Waals surface area (Å²) >= 11 is 1.26. The van der Waals surface area contributed by atoms with Gasteiger partial charge in [0, 0.05) is 24.5 Å². The Morgan fingerprint density at radius 1 is 1.12 bits per heavy atom. The van der Waals surface area contributed by atoms with Crippen molar-refractivity contribution in [2.45, 2.75) is 18.2 Å². The lowest BCUT2D eigenvalue weighted by Crippen LogP contribution is -2.38. The van der Waals surface area contributed by atoms with Crippen LogP contribution in [0.4, 0.5) is 4.39 Å². The molecule has 0 aliphatic carbocycles. The van der Waals surface area contributed by atoms with Crippen molar-refractivity contribution in [3.8, 4) is 0 Å². The SMILES string of the molecule is CC(=O)c1ccc(SCC(=O)N(CCN)CCc2ccccc2)cc1F. The Labute approximate surface area is 157 Å². The van der Waals surface area contributed by atoms with E-state index in [2.05, 4.69) is 0 Å². The number of benzene rings is 2. The molecule has 26 heavy (non-hydrogen) atoms. The van der Waals surface area contributed by atoms with Crippen LogP contribution < -0.4 is 5.73 Å². The standard InChI is InChI=1S/C20H23FN2O2S/c1-15(24)18-8-7-17(13-19(18)21)26-14-20(25)23(12-10-22)11-9-16-5-3-2-4-6-16/h2-8,13H,9-12,14,22H2,1H3. The molecule has 2 rings (SSSR count). The van der Waals surface area contributed by atoms with E-state index in [-0.39, 0.29) is 23.0 Å². The molecule has 0 aromatic heterocycles. The van der Waals surface area contributed by atoms with Gasteiger partial charge in [0.15, 0.2) is 5.78 Å². The molecule has 0 saturated heterocycles. The van der Waals surface area contributed by atoms with E-state index < -0.39 is 5.82 Å². The lowest BCUT2D eigenvalue weighted by molar-refractivity contribution is -0.128. The van der Waals surface area contributed by atoms with E-state index in [4.69, 9.17) is 5.73 Å². The molecule has 0 heterocycles. The lowest BCUT2D eigenvalue weighted by atomic mass is 10.1. The van der Waals surface area contributed by atoms with Crippen LogP contribution in [-0.4, -0.2) is 42.0 Å². The highest BCUT2D eigenvalue weighted by atomic mass is 32.2. The van der Waals surface area contributed by atoms with Crippen molar-refractivity contribution in [1.82, 2.24) is 4.90 Å². The van der Waals surface area contributed by atoms with Crippen molar-refractivity contribution in [3.63, 3.8) is 0 Å². The van der Waals surface area contributed by atoms with E-state index in [0.717, 1.165) is 12.0 Å². The Hall–Kier alpha value is -2.18. The van der Waals surface area contributed by atoms with Crippen LogP contribution >= 0.6 is 11.8 Å². The molecule has 4 nitrogen and oxygen atoms in total. The number of rotatable bonds is 9. The maximum atomic E-state index is 13.9. The zero-order chi connectivity index (χ0) is 18.9. The summed E-state index contributed by atoms with van der Waals surface area (Å²) in [4.78, 5) is 26.1. The molecular weight excluding hydrogens is 351 g/mol. The minimum atomic E-state index is -0.558. The average Bonchev–Trinajstić information content (AvgIpc) is 2.63. The van der Waals surface area contributed by atoms with E-state index in [1.165, 1.54) is 30.8 Å². The second-order valence-corrected chi connectivity index (χ2v) is 6.94. The van der Waals surface area contributed by atoms with Gasteiger partial charge in [0.25, 0.3) is 0 Å². The molecule has 0 atom stereocenters. The normalized spacial score (nSPS) is 10.6. The first-order valence-electron chi connectivity index (χ1n) is 8.46. The minimum Gasteiger partial charge on any atom is -0.340 e. The van der Waals surface area contributed by atoms with Crippen LogP contribution in [0.25, 0.3) is 0 Å². The predicted molar refractivity (Wildman–Crippen MR) is 103 cm³/mol. The number of carbonyl (C=O) groups excluding carboxylic acids is 2. The number of ketones is 1. The topological polar surface area (TPSA) is 63.4 Å². The number of nitrogens with zero attached hydrogens (tertiary/aromatic N) is 1. The van der Waals surface area contributed by atoms with Gasteiger partial charge in [-0.15, -0.1) is 11.8 Å². The molecule has 0 saturated carbocycles. The zero-order valence-corrected chi connectivity index (χ0v) is 15.6. The number of Topliss-reactive ketones (excluding diaryl/α,β-unsaturated/α-hetero) is 1. The van der Waals surface area contributed by atoms with Gasteiger partial charge in [0.05, 0.1) is 11.3 Å². The first-order valence-corrected chi connectivity index (χ1v) is 9.45. The molecule has 2 aromatic carbocycles. The molecule has 1 amide bonds. The Balaban J connectivity index is 1.92. The molecule has 0 spiro atoms. The summed E-state index contributed by atoms with van der Waals surface area (Å²) in [6.45, 7) is 2.81. The maximum absolute atomic E-state index is 13.9. The van der Waals surface area contributed by atoms with Crippen LogP contribution in [0, 0.1) is 5.82 Å². The van der Waals surface area contributed by atoms with E-state index >= 15 is 0 Å². The second kappa shape index (κ2) is 10.1. The van der Waals surface area contributed by atoms with Gasteiger partial charge in [-0.25, -0.2) is 4.39 Å². The molecule has 0 bridgehead atoms. The molecular formula is C20H23FN2O2S. The fraction of sp³-hybridized carbons (Fsp3) is 0.300. The molecule has 0 radical (unpaired) electrons. The van der Waals surface area contributed by atoms with Crippen LogP contribution in [0.2, 0.25) is 0 Å². The first kappa shape index (κ1) is 20.1. The van der Waals surface area contributed by atoms with E-state index in [1.807, 2.05) is 30.3 Å². The average molecular weight is 374 g/mol. The predicted octanol–water partition coefficient (Wildman–Crippen LogP) is 3.15. The summed E-state index contributed by atoms with van der Waals surface area (Å²) < 4.78 is 13.9. The fourth-order valence-electron chi connectivity index (χ4n) is 2.53. The molecule has 0 unspecified atom stereocenters. The molecule has 0 fully saturated rings. The van der Waals surface area contributed by atoms with E-state index in [1.54, 1.807) is 11.0 Å². The van der Waals surface area contributed by atoms with Gasteiger partial charge >= 0.3 is 0 Å². The highest BCUT2D eigenvalue weighted by Crippen LogP contribution is 2.21. The van der Waals surface area contributed by atoms with Crippen LogP contribution in [0.15, 0.2) is 53.4 Å².